The van der Waals surface area contributed by atoms with Gasteiger partial charge in [-0.3, -0.25) is 4.79 Å². The first kappa shape index (κ1) is 15.9. The molecule has 0 radical (unpaired) electrons. The van der Waals surface area contributed by atoms with E-state index in [-0.39, 0.29) is 5.02 Å². The van der Waals surface area contributed by atoms with Crippen molar-refractivity contribution in [1.29, 1.82) is 0 Å². The molecule has 0 bridgehead atoms. The highest BCUT2D eigenvalue weighted by Crippen LogP contribution is 2.38. The summed E-state index contributed by atoms with van der Waals surface area (Å²) in [7, 11) is 0. The molecule has 0 aromatic heterocycles. The smallest absolute Gasteiger partial charge is 0.272 e. The molecule has 3 nitrogen and oxygen atoms in total. The Bertz CT molecular complexity index is 571. The van der Waals surface area contributed by atoms with Gasteiger partial charge in [0.25, 0.3) is 5.91 Å². The number of hydrogen-bond acceptors (Lipinski definition) is 2. The Morgan fingerprint density at radius 2 is 1.81 bits per heavy atom. The van der Waals surface area contributed by atoms with Gasteiger partial charge in [0.15, 0.2) is 0 Å². The molecule has 0 aliphatic carbocycles. The van der Waals surface area contributed by atoms with Crippen LogP contribution in [0.1, 0.15) is 5.56 Å². The fraction of sp³-hybridized carbons (Fsp3) is 0.364. The van der Waals surface area contributed by atoms with Crippen LogP contribution in [-0.2, 0) is 11.0 Å². The molecule has 10 heteroatoms. The molecule has 2 rings (SSSR count). The van der Waals surface area contributed by atoms with Gasteiger partial charge in [-0.25, -0.2) is 10.4 Å². The van der Waals surface area contributed by atoms with Crippen LogP contribution in [0.15, 0.2) is 18.2 Å². The molecule has 1 atom stereocenters. The Balaban J connectivity index is 2.37. The number of hydrogen-bond donors (Lipinski definition) is 1. The zero-order valence-corrected chi connectivity index (χ0v) is 10.8. The molecule has 1 saturated heterocycles. The van der Waals surface area contributed by atoms with Crippen LogP contribution >= 0.6 is 11.6 Å². The van der Waals surface area contributed by atoms with E-state index >= 15 is 0 Å². The van der Waals surface area contributed by atoms with Crippen molar-refractivity contribution in [2.45, 2.75) is 12.4 Å². The number of alkyl halides is 6. The predicted molar refractivity (Wildman–Crippen MR) is 61.5 cm³/mol. The average molecular weight is 333 g/mol. The number of hydrazine groups is 1. The summed E-state index contributed by atoms with van der Waals surface area (Å²) in [5, 5.41) is 0.127. The van der Waals surface area contributed by atoms with E-state index in [1.54, 1.807) is 0 Å². The molecule has 1 amide bonds. The van der Waals surface area contributed by atoms with Crippen LogP contribution in [-0.4, -0.2) is 18.6 Å². The maximum atomic E-state index is 12.6. The first-order valence-corrected chi connectivity index (χ1v) is 5.90. The van der Waals surface area contributed by atoms with Crippen LogP contribution in [0, 0.1) is 5.92 Å². The first-order chi connectivity index (χ1) is 9.51. The first-order valence-electron chi connectivity index (χ1n) is 5.53. The lowest BCUT2D eigenvalue weighted by atomic mass is 10.1. The van der Waals surface area contributed by atoms with Gasteiger partial charge in [-0.2, -0.15) is 26.3 Å². The van der Waals surface area contributed by atoms with E-state index < -0.39 is 42.0 Å². The minimum atomic E-state index is -4.78. The van der Waals surface area contributed by atoms with Crippen LogP contribution in [0.2, 0.25) is 5.02 Å². The maximum Gasteiger partial charge on any atom is 0.416 e. The quantitative estimate of drug-likeness (QED) is 0.800. The number of benzene rings is 1. The molecule has 21 heavy (non-hydrogen) atoms. The van der Waals surface area contributed by atoms with Gasteiger partial charge >= 0.3 is 12.4 Å². The lowest BCUT2D eigenvalue weighted by Gasteiger charge is -2.20. The summed E-state index contributed by atoms with van der Waals surface area (Å²) in [4.78, 5) is 11.7. The third kappa shape index (κ3) is 3.08. The van der Waals surface area contributed by atoms with Gasteiger partial charge in [0.2, 0.25) is 0 Å². The van der Waals surface area contributed by atoms with Crippen molar-refractivity contribution in [3.05, 3.63) is 28.8 Å². The maximum absolute atomic E-state index is 12.6. The molecule has 0 saturated carbocycles. The zero-order valence-electron chi connectivity index (χ0n) is 10.0. The van der Waals surface area contributed by atoms with Crippen LogP contribution in [0.25, 0.3) is 0 Å². The Morgan fingerprint density at radius 3 is 2.29 bits per heavy atom. The topological polar surface area (TPSA) is 32.3 Å². The van der Waals surface area contributed by atoms with Crippen molar-refractivity contribution >= 4 is 23.2 Å². The SMILES string of the molecule is O=C1C(C(F)(F)F)CNN1c1cc(C(F)(F)F)ccc1Cl. The molecular weight excluding hydrogens is 326 g/mol. The van der Waals surface area contributed by atoms with Crippen molar-refractivity contribution in [3.63, 3.8) is 0 Å². The lowest BCUT2D eigenvalue weighted by molar-refractivity contribution is -0.174. The van der Waals surface area contributed by atoms with Crippen molar-refractivity contribution in [2.24, 2.45) is 5.92 Å². The summed E-state index contributed by atoms with van der Waals surface area (Å²) in [6.07, 6.45) is -9.49. The van der Waals surface area contributed by atoms with E-state index in [2.05, 4.69) is 5.43 Å². The number of rotatable bonds is 1. The highest BCUT2D eigenvalue weighted by atomic mass is 35.5. The van der Waals surface area contributed by atoms with Gasteiger partial charge < -0.3 is 0 Å². The van der Waals surface area contributed by atoms with Crippen molar-refractivity contribution < 1.29 is 31.1 Å². The van der Waals surface area contributed by atoms with E-state index in [0.717, 1.165) is 6.07 Å². The largest absolute Gasteiger partial charge is 0.416 e. The van der Waals surface area contributed by atoms with Gasteiger partial charge in [0, 0.05) is 6.54 Å². The number of carbonyl (C=O) groups is 1. The van der Waals surface area contributed by atoms with Gasteiger partial charge in [-0.05, 0) is 18.2 Å². The summed E-state index contributed by atoms with van der Waals surface area (Å²) >= 11 is 5.67. The van der Waals surface area contributed by atoms with Crippen molar-refractivity contribution in [1.82, 2.24) is 5.43 Å². The second-order valence-corrected chi connectivity index (χ2v) is 4.70. The van der Waals surface area contributed by atoms with Crippen LogP contribution in [0.5, 0.6) is 0 Å². The van der Waals surface area contributed by atoms with Crippen molar-refractivity contribution in [3.8, 4) is 0 Å². The summed E-state index contributed by atoms with van der Waals surface area (Å²) in [5.74, 6) is -3.72. The molecule has 116 valence electrons. The Morgan fingerprint density at radius 1 is 1.19 bits per heavy atom. The fourth-order valence-corrected chi connectivity index (χ4v) is 2.03. The predicted octanol–water partition coefficient (Wildman–Crippen LogP) is 3.39. The summed E-state index contributed by atoms with van der Waals surface area (Å²) in [6, 6.07) is 2.06. The normalized spacial score (nSPS) is 20.2. The molecule has 0 spiro atoms. The second kappa shape index (κ2) is 5.06. The van der Waals surface area contributed by atoms with E-state index in [9.17, 15) is 31.1 Å². The van der Waals surface area contributed by atoms with Gasteiger partial charge in [0.05, 0.1) is 16.3 Å². The number of nitrogens with one attached hydrogen (secondary N) is 1. The van der Waals surface area contributed by atoms with E-state index in [1.165, 1.54) is 0 Å². The lowest BCUT2D eigenvalue weighted by Crippen LogP contribution is -2.37. The Kier molecular flexibility index (Phi) is 3.83. The second-order valence-electron chi connectivity index (χ2n) is 4.29. The van der Waals surface area contributed by atoms with Gasteiger partial charge in [-0.1, -0.05) is 11.6 Å². The number of amides is 1. The van der Waals surface area contributed by atoms with Crippen LogP contribution in [0.4, 0.5) is 32.0 Å². The molecule has 1 N–H and O–H groups in total. The van der Waals surface area contributed by atoms with Gasteiger partial charge in [-0.15, -0.1) is 0 Å². The number of halogens is 7. The fourth-order valence-electron chi connectivity index (χ4n) is 1.82. The summed E-state index contributed by atoms with van der Waals surface area (Å²) < 4.78 is 75.5. The minimum absolute atomic E-state index is 0.272. The third-order valence-electron chi connectivity index (χ3n) is 2.88. The van der Waals surface area contributed by atoms with E-state index in [0.29, 0.717) is 17.1 Å². The van der Waals surface area contributed by atoms with Crippen LogP contribution < -0.4 is 10.4 Å². The number of anilines is 1. The molecule has 1 aliphatic rings. The molecule has 1 heterocycles. The molecule has 1 aromatic rings. The number of carbonyl (C=O) groups excluding carboxylic acids is 1. The minimum Gasteiger partial charge on any atom is -0.272 e. The molecule has 1 aromatic carbocycles. The highest BCUT2D eigenvalue weighted by Gasteiger charge is 2.51. The van der Waals surface area contributed by atoms with Crippen LogP contribution in [0.3, 0.4) is 0 Å². The van der Waals surface area contributed by atoms with Gasteiger partial charge in [0.1, 0.15) is 5.92 Å². The number of nitrogens with zero attached hydrogens (tertiary/aromatic N) is 1. The zero-order chi connectivity index (χ0) is 16.0. The summed E-state index contributed by atoms with van der Waals surface area (Å²) in [6.45, 7) is -0.755. The molecule has 1 fully saturated rings. The van der Waals surface area contributed by atoms with E-state index in [4.69, 9.17) is 11.6 Å². The highest BCUT2D eigenvalue weighted by molar-refractivity contribution is 6.33. The molecular formula is C11H7ClF6N2O. The standard InChI is InChI=1S/C11H7ClF6N2O/c12-7-2-1-5(10(13,14)15)3-8(7)20-9(21)6(4-19-20)11(16,17)18/h1-3,6,19H,4H2. The Labute approximate surface area is 119 Å². The Hall–Kier alpha value is -1.48. The molecule has 1 aliphatic heterocycles. The van der Waals surface area contributed by atoms with E-state index in [1.807, 2.05) is 0 Å². The van der Waals surface area contributed by atoms with Crippen molar-refractivity contribution in [2.75, 3.05) is 11.6 Å². The summed E-state index contributed by atoms with van der Waals surface area (Å²) in [5.41, 5.74) is 0.523. The third-order valence-corrected chi connectivity index (χ3v) is 3.20. The average Bonchev–Trinajstić information content (AvgIpc) is 2.70. The molecule has 1 unspecified atom stereocenters. The monoisotopic (exact) mass is 332 g/mol.